The molecule has 134 valence electrons. The van der Waals surface area contributed by atoms with Crippen molar-refractivity contribution in [1.29, 1.82) is 0 Å². The maximum absolute atomic E-state index is 12.1. The molecule has 1 aliphatic rings. The van der Waals surface area contributed by atoms with Gasteiger partial charge in [-0.3, -0.25) is 9.59 Å². The van der Waals surface area contributed by atoms with E-state index in [9.17, 15) is 9.59 Å². The maximum Gasteiger partial charge on any atom is 0.224 e. The fraction of sp³-hybridized carbons (Fsp3) is 0.529. The van der Waals surface area contributed by atoms with Crippen molar-refractivity contribution in [3.05, 3.63) is 24.3 Å². The van der Waals surface area contributed by atoms with Gasteiger partial charge in [-0.2, -0.15) is 0 Å². The van der Waals surface area contributed by atoms with Crippen LogP contribution in [0, 0.1) is 5.92 Å². The van der Waals surface area contributed by atoms with E-state index in [1.807, 2.05) is 12.1 Å². The van der Waals surface area contributed by atoms with E-state index in [1.165, 1.54) is 0 Å². The summed E-state index contributed by atoms with van der Waals surface area (Å²) >= 11 is 0. The van der Waals surface area contributed by atoms with Crippen LogP contribution >= 0.6 is 12.4 Å². The van der Waals surface area contributed by atoms with Gasteiger partial charge in [-0.25, -0.2) is 0 Å². The lowest BCUT2D eigenvalue weighted by Crippen LogP contribution is -2.28. The van der Waals surface area contributed by atoms with Gasteiger partial charge in [0, 0.05) is 6.42 Å². The van der Waals surface area contributed by atoms with Crippen molar-refractivity contribution in [1.82, 2.24) is 5.32 Å². The topological polar surface area (TPSA) is 93.5 Å². The van der Waals surface area contributed by atoms with Crippen LogP contribution in [-0.4, -0.2) is 31.5 Å². The van der Waals surface area contributed by atoms with E-state index in [1.54, 1.807) is 12.1 Å². The molecule has 0 unspecified atom stereocenters. The van der Waals surface area contributed by atoms with Gasteiger partial charge >= 0.3 is 0 Å². The van der Waals surface area contributed by atoms with Gasteiger partial charge in [0.2, 0.25) is 11.8 Å². The summed E-state index contributed by atoms with van der Waals surface area (Å²) in [6.07, 6.45) is 3.86. The summed E-state index contributed by atoms with van der Waals surface area (Å²) in [4.78, 5) is 22.9. The SMILES string of the molecule is Cl.NC(=O)CCOc1ccccc1NC(=O)CCC1CCNCC1. The Bertz CT molecular complexity index is 534. The molecule has 1 aromatic rings. The van der Waals surface area contributed by atoms with Crippen LogP contribution in [-0.2, 0) is 9.59 Å². The second-order valence-corrected chi connectivity index (χ2v) is 5.84. The Morgan fingerprint density at radius 2 is 1.92 bits per heavy atom. The number of para-hydroxylation sites is 2. The number of amides is 2. The Labute approximate surface area is 148 Å². The minimum atomic E-state index is -0.409. The van der Waals surface area contributed by atoms with E-state index in [0.717, 1.165) is 32.4 Å². The van der Waals surface area contributed by atoms with Gasteiger partial charge in [-0.1, -0.05) is 12.1 Å². The number of nitrogens with two attached hydrogens (primary N) is 1. The summed E-state index contributed by atoms with van der Waals surface area (Å²) in [5.74, 6) is 0.774. The number of piperidine rings is 1. The number of carbonyl (C=O) groups is 2. The number of primary amides is 1. The highest BCUT2D eigenvalue weighted by Gasteiger charge is 2.15. The van der Waals surface area contributed by atoms with E-state index in [2.05, 4.69) is 10.6 Å². The average molecular weight is 356 g/mol. The molecule has 1 aromatic carbocycles. The lowest BCUT2D eigenvalue weighted by atomic mass is 9.93. The van der Waals surface area contributed by atoms with Gasteiger partial charge in [0.15, 0.2) is 0 Å². The van der Waals surface area contributed by atoms with Crippen LogP contribution in [0.3, 0.4) is 0 Å². The average Bonchev–Trinajstić information content (AvgIpc) is 2.55. The van der Waals surface area contributed by atoms with Gasteiger partial charge in [0.25, 0.3) is 0 Å². The highest BCUT2D eigenvalue weighted by molar-refractivity contribution is 5.92. The molecule has 2 rings (SSSR count). The first-order chi connectivity index (χ1) is 11.1. The number of hydrogen-bond acceptors (Lipinski definition) is 4. The third-order valence-corrected chi connectivity index (χ3v) is 4.01. The van der Waals surface area contributed by atoms with Crippen molar-refractivity contribution in [3.8, 4) is 5.75 Å². The molecule has 24 heavy (non-hydrogen) atoms. The first-order valence-electron chi connectivity index (χ1n) is 8.16. The molecule has 0 saturated carbocycles. The molecule has 2 amide bonds. The first-order valence-corrected chi connectivity index (χ1v) is 8.16. The van der Waals surface area contributed by atoms with Crippen LogP contribution in [0.2, 0.25) is 0 Å². The molecule has 0 bridgehead atoms. The van der Waals surface area contributed by atoms with Crippen LogP contribution in [0.5, 0.6) is 5.75 Å². The normalized spacial score (nSPS) is 14.5. The Kier molecular flexibility index (Phi) is 9.19. The fourth-order valence-corrected chi connectivity index (χ4v) is 2.68. The molecule has 0 spiro atoms. The zero-order valence-electron chi connectivity index (χ0n) is 13.8. The number of carbonyl (C=O) groups excluding carboxylic acids is 2. The Balaban J connectivity index is 0.00000288. The third kappa shape index (κ3) is 7.19. The van der Waals surface area contributed by atoms with Gasteiger partial charge < -0.3 is 21.1 Å². The van der Waals surface area contributed by atoms with Gasteiger partial charge in [-0.15, -0.1) is 12.4 Å². The van der Waals surface area contributed by atoms with Crippen molar-refractivity contribution in [3.63, 3.8) is 0 Å². The third-order valence-electron chi connectivity index (χ3n) is 4.01. The van der Waals surface area contributed by atoms with Crippen molar-refractivity contribution in [2.24, 2.45) is 11.7 Å². The summed E-state index contributed by atoms with van der Waals surface area (Å²) in [6, 6.07) is 7.22. The Morgan fingerprint density at radius 1 is 1.21 bits per heavy atom. The molecule has 1 fully saturated rings. The standard InChI is InChI=1S/C17H25N3O3.ClH/c18-16(21)9-12-23-15-4-2-1-3-14(15)20-17(22)6-5-13-7-10-19-11-8-13;/h1-4,13,19H,5-12H2,(H2,18,21)(H,20,22);1H. The number of hydrogen-bond donors (Lipinski definition) is 3. The minimum absolute atomic E-state index is 0. The molecule has 0 aliphatic carbocycles. The van der Waals surface area contributed by atoms with E-state index in [-0.39, 0.29) is 31.3 Å². The smallest absolute Gasteiger partial charge is 0.224 e. The van der Waals surface area contributed by atoms with Gasteiger partial charge in [0.1, 0.15) is 5.75 Å². The number of benzene rings is 1. The van der Waals surface area contributed by atoms with Crippen LogP contribution in [0.25, 0.3) is 0 Å². The molecule has 1 heterocycles. The van der Waals surface area contributed by atoms with E-state index in [4.69, 9.17) is 10.5 Å². The highest BCUT2D eigenvalue weighted by Crippen LogP contribution is 2.25. The molecule has 7 heteroatoms. The van der Waals surface area contributed by atoms with E-state index >= 15 is 0 Å². The molecule has 0 radical (unpaired) electrons. The largest absolute Gasteiger partial charge is 0.491 e. The zero-order chi connectivity index (χ0) is 16.5. The molecule has 6 nitrogen and oxygen atoms in total. The Hall–Kier alpha value is -1.79. The van der Waals surface area contributed by atoms with Crippen LogP contribution < -0.4 is 21.1 Å². The molecule has 0 aromatic heterocycles. The van der Waals surface area contributed by atoms with Crippen molar-refractivity contribution >= 4 is 29.9 Å². The van der Waals surface area contributed by atoms with Gasteiger partial charge in [-0.05, 0) is 50.4 Å². The van der Waals surface area contributed by atoms with Crippen molar-refractivity contribution in [2.75, 3.05) is 25.0 Å². The quantitative estimate of drug-likeness (QED) is 0.665. The second-order valence-electron chi connectivity index (χ2n) is 5.84. The molecule has 1 saturated heterocycles. The molecule has 4 N–H and O–H groups in total. The van der Waals surface area contributed by atoms with Crippen molar-refractivity contribution in [2.45, 2.75) is 32.1 Å². The number of ether oxygens (including phenoxy) is 1. The number of anilines is 1. The van der Waals surface area contributed by atoms with Crippen LogP contribution in [0.15, 0.2) is 24.3 Å². The second kappa shape index (κ2) is 10.9. The monoisotopic (exact) mass is 355 g/mol. The summed E-state index contributed by atoms with van der Waals surface area (Å²) in [5, 5.41) is 6.22. The highest BCUT2D eigenvalue weighted by atomic mass is 35.5. The predicted molar refractivity (Wildman–Crippen MR) is 96.5 cm³/mol. The zero-order valence-corrected chi connectivity index (χ0v) is 14.6. The summed E-state index contributed by atoms with van der Waals surface area (Å²) in [5.41, 5.74) is 5.72. The number of halogens is 1. The van der Waals surface area contributed by atoms with Crippen LogP contribution in [0.1, 0.15) is 32.1 Å². The van der Waals surface area contributed by atoms with E-state index < -0.39 is 5.91 Å². The maximum atomic E-state index is 12.1. The van der Waals surface area contributed by atoms with Crippen LogP contribution in [0.4, 0.5) is 5.69 Å². The minimum Gasteiger partial charge on any atom is -0.491 e. The molecule has 1 aliphatic heterocycles. The van der Waals surface area contributed by atoms with E-state index in [0.29, 0.717) is 23.8 Å². The Morgan fingerprint density at radius 3 is 2.62 bits per heavy atom. The molecule has 0 atom stereocenters. The number of rotatable bonds is 8. The lowest BCUT2D eigenvalue weighted by molar-refractivity contribution is -0.118. The fourth-order valence-electron chi connectivity index (χ4n) is 2.68. The van der Waals surface area contributed by atoms with Crippen molar-refractivity contribution < 1.29 is 14.3 Å². The molecular formula is C17H26ClN3O3. The summed E-state index contributed by atoms with van der Waals surface area (Å²) in [7, 11) is 0. The predicted octanol–water partition coefficient (Wildman–Crippen LogP) is 2.08. The number of nitrogens with one attached hydrogen (secondary N) is 2. The molecular weight excluding hydrogens is 330 g/mol. The lowest BCUT2D eigenvalue weighted by Gasteiger charge is -2.22. The summed E-state index contributed by atoms with van der Waals surface area (Å²) in [6.45, 7) is 2.29. The summed E-state index contributed by atoms with van der Waals surface area (Å²) < 4.78 is 5.52. The first kappa shape index (κ1) is 20.3. The van der Waals surface area contributed by atoms with Gasteiger partial charge in [0.05, 0.1) is 18.7 Å².